The fraction of sp³-hybridized carbons (Fsp3) is 0.619. The molecule has 1 heterocycles. The summed E-state index contributed by atoms with van der Waals surface area (Å²) in [5, 5.41) is 9.31. The van der Waals surface area contributed by atoms with E-state index in [4.69, 9.17) is 9.47 Å². The van der Waals surface area contributed by atoms with Crippen molar-refractivity contribution in [1.29, 1.82) is 0 Å². The summed E-state index contributed by atoms with van der Waals surface area (Å²) in [6.07, 6.45) is 3.88. The van der Waals surface area contributed by atoms with Crippen LogP contribution < -0.4 is 19.9 Å². The molecule has 0 aromatic heterocycles. The van der Waals surface area contributed by atoms with Gasteiger partial charge in [-0.1, -0.05) is 25.7 Å². The molecule has 0 saturated carbocycles. The molecule has 168 valence electrons. The van der Waals surface area contributed by atoms with E-state index in [0.717, 1.165) is 24.9 Å². The molecule has 0 bridgehead atoms. The normalized spacial score (nSPS) is 15.9. The summed E-state index contributed by atoms with van der Waals surface area (Å²) in [4.78, 5) is 2.11. The summed E-state index contributed by atoms with van der Waals surface area (Å²) in [6, 6.07) is 4.88. The zero-order valence-electron chi connectivity index (χ0n) is 18.1. The fourth-order valence-corrected chi connectivity index (χ4v) is 4.84. The van der Waals surface area contributed by atoms with E-state index in [0.29, 0.717) is 44.1 Å². The second-order valence-electron chi connectivity index (χ2n) is 7.16. The molecule has 1 aliphatic heterocycles. The summed E-state index contributed by atoms with van der Waals surface area (Å²) >= 11 is 0. The molecule has 2 rings (SSSR count). The van der Waals surface area contributed by atoms with Gasteiger partial charge in [0, 0.05) is 44.4 Å². The highest BCUT2D eigenvalue weighted by Crippen LogP contribution is 2.32. The predicted octanol–water partition coefficient (Wildman–Crippen LogP) is 2.09. The van der Waals surface area contributed by atoms with E-state index in [1.807, 2.05) is 23.7 Å². The number of anilines is 1. The number of hydrogen-bond acceptors (Lipinski definition) is 7. The van der Waals surface area contributed by atoms with Crippen LogP contribution in [0.2, 0.25) is 0 Å². The van der Waals surface area contributed by atoms with Crippen molar-refractivity contribution >= 4 is 15.7 Å². The molecule has 1 aromatic carbocycles. The minimum Gasteiger partial charge on any atom is -0.493 e. The van der Waals surface area contributed by atoms with Crippen molar-refractivity contribution in [3.8, 4) is 23.3 Å². The van der Waals surface area contributed by atoms with Crippen LogP contribution in [-0.2, 0) is 10.0 Å². The van der Waals surface area contributed by atoms with Crippen LogP contribution in [0.5, 0.6) is 11.5 Å². The number of hydrogen-bond donors (Lipinski definition) is 2. The SMILES string of the molecule is CCCCCC#CC(CS(=O)(=O)N1CCN(c2ccc(OC)c(OC)c2)CC1)NO. The maximum atomic E-state index is 12.8. The van der Waals surface area contributed by atoms with Gasteiger partial charge in [0.25, 0.3) is 0 Å². The van der Waals surface area contributed by atoms with Gasteiger partial charge in [0.2, 0.25) is 10.0 Å². The van der Waals surface area contributed by atoms with E-state index in [-0.39, 0.29) is 5.75 Å². The largest absolute Gasteiger partial charge is 0.493 e. The van der Waals surface area contributed by atoms with E-state index >= 15 is 0 Å². The Hall–Kier alpha value is -1.99. The van der Waals surface area contributed by atoms with Crippen LogP contribution in [0.25, 0.3) is 0 Å². The molecule has 9 heteroatoms. The number of sulfonamides is 1. The van der Waals surface area contributed by atoms with E-state index < -0.39 is 16.1 Å². The molecule has 1 aromatic rings. The van der Waals surface area contributed by atoms with Crippen molar-refractivity contribution in [2.45, 2.75) is 38.6 Å². The second-order valence-corrected chi connectivity index (χ2v) is 9.18. The number of rotatable bonds is 10. The molecule has 1 fully saturated rings. The first kappa shape index (κ1) is 24.3. The Balaban J connectivity index is 1.94. The number of ether oxygens (including phenoxy) is 2. The van der Waals surface area contributed by atoms with Crippen molar-refractivity contribution < 1.29 is 23.1 Å². The van der Waals surface area contributed by atoms with Gasteiger partial charge in [-0.3, -0.25) is 0 Å². The molecule has 1 aliphatic rings. The molecule has 0 aliphatic carbocycles. The Morgan fingerprint density at radius 2 is 1.83 bits per heavy atom. The molecule has 8 nitrogen and oxygen atoms in total. The van der Waals surface area contributed by atoms with Gasteiger partial charge >= 0.3 is 0 Å². The minimum atomic E-state index is -3.53. The summed E-state index contributed by atoms with van der Waals surface area (Å²) < 4.78 is 37.6. The highest BCUT2D eigenvalue weighted by Gasteiger charge is 2.29. The lowest BCUT2D eigenvalue weighted by molar-refractivity contribution is 0.153. The van der Waals surface area contributed by atoms with Crippen LogP contribution in [-0.4, -0.2) is 70.1 Å². The van der Waals surface area contributed by atoms with Gasteiger partial charge in [0.1, 0.15) is 6.04 Å². The first-order chi connectivity index (χ1) is 14.4. The number of methoxy groups -OCH3 is 2. The standard InChI is InChI=1S/C21H33N3O5S/c1-4-5-6-7-8-9-18(22-25)17-30(26,27)24-14-12-23(13-15-24)19-10-11-20(28-2)21(16-19)29-3/h10-11,16,18,22,25H,4-7,12-15,17H2,1-3H3. The summed E-state index contributed by atoms with van der Waals surface area (Å²) in [7, 11) is -0.358. The van der Waals surface area contributed by atoms with Gasteiger partial charge in [-0.05, 0) is 18.6 Å². The van der Waals surface area contributed by atoms with Gasteiger partial charge in [0.15, 0.2) is 11.5 Å². The third kappa shape index (κ3) is 6.77. The topological polar surface area (TPSA) is 91.3 Å². The Bertz CT molecular complexity index is 827. The van der Waals surface area contributed by atoms with Crippen molar-refractivity contribution in [2.75, 3.05) is 51.1 Å². The van der Waals surface area contributed by atoms with Gasteiger partial charge in [0.05, 0.1) is 20.0 Å². The quantitative estimate of drug-likeness (QED) is 0.328. The molecular weight excluding hydrogens is 406 g/mol. The third-order valence-corrected chi connectivity index (χ3v) is 6.99. The summed E-state index contributed by atoms with van der Waals surface area (Å²) in [6.45, 7) is 3.99. The van der Waals surface area contributed by atoms with Crippen molar-refractivity contribution in [1.82, 2.24) is 9.79 Å². The Morgan fingerprint density at radius 1 is 1.13 bits per heavy atom. The Morgan fingerprint density at radius 3 is 2.43 bits per heavy atom. The zero-order valence-corrected chi connectivity index (χ0v) is 18.9. The third-order valence-electron chi connectivity index (χ3n) is 5.08. The van der Waals surface area contributed by atoms with E-state index in [9.17, 15) is 13.6 Å². The highest BCUT2D eigenvalue weighted by molar-refractivity contribution is 7.89. The van der Waals surface area contributed by atoms with Crippen LogP contribution in [0.3, 0.4) is 0 Å². The molecule has 0 radical (unpaired) electrons. The molecule has 0 amide bonds. The van der Waals surface area contributed by atoms with Crippen LogP contribution in [0, 0.1) is 11.8 Å². The maximum absolute atomic E-state index is 12.8. The number of piperazine rings is 1. The first-order valence-corrected chi connectivity index (χ1v) is 11.9. The summed E-state index contributed by atoms with van der Waals surface area (Å²) in [5.41, 5.74) is 2.99. The number of hydroxylamine groups is 1. The zero-order chi connectivity index (χ0) is 22.0. The van der Waals surface area contributed by atoms with Crippen LogP contribution in [0.4, 0.5) is 5.69 Å². The minimum absolute atomic E-state index is 0.249. The average molecular weight is 440 g/mol. The van der Waals surface area contributed by atoms with Gasteiger partial charge in [-0.25, -0.2) is 8.42 Å². The average Bonchev–Trinajstić information content (AvgIpc) is 2.77. The number of nitrogens with one attached hydrogen (secondary N) is 1. The van der Waals surface area contributed by atoms with Gasteiger partial charge < -0.3 is 19.6 Å². The fourth-order valence-electron chi connectivity index (χ4n) is 3.33. The molecule has 1 unspecified atom stereocenters. The van der Waals surface area contributed by atoms with Crippen molar-refractivity contribution in [3.05, 3.63) is 18.2 Å². The van der Waals surface area contributed by atoms with Gasteiger partial charge in [-0.15, -0.1) is 5.92 Å². The van der Waals surface area contributed by atoms with Crippen LogP contribution >= 0.6 is 0 Å². The molecule has 30 heavy (non-hydrogen) atoms. The van der Waals surface area contributed by atoms with E-state index in [2.05, 4.69) is 23.7 Å². The number of unbranched alkanes of at least 4 members (excludes halogenated alkanes) is 3. The van der Waals surface area contributed by atoms with Crippen molar-refractivity contribution in [2.24, 2.45) is 0 Å². The molecule has 1 atom stereocenters. The van der Waals surface area contributed by atoms with E-state index in [1.54, 1.807) is 14.2 Å². The Labute approximate surface area is 180 Å². The summed E-state index contributed by atoms with van der Waals surface area (Å²) in [5.74, 6) is 6.83. The molecule has 1 saturated heterocycles. The van der Waals surface area contributed by atoms with Crippen molar-refractivity contribution in [3.63, 3.8) is 0 Å². The highest BCUT2D eigenvalue weighted by atomic mass is 32.2. The second kappa shape index (κ2) is 12.0. The van der Waals surface area contributed by atoms with Gasteiger partial charge in [-0.2, -0.15) is 9.79 Å². The number of benzene rings is 1. The molecule has 2 N–H and O–H groups in total. The Kier molecular flexibility index (Phi) is 9.72. The predicted molar refractivity (Wildman–Crippen MR) is 118 cm³/mol. The lowest BCUT2D eigenvalue weighted by Crippen LogP contribution is -2.51. The van der Waals surface area contributed by atoms with Crippen LogP contribution in [0.1, 0.15) is 32.6 Å². The van der Waals surface area contributed by atoms with Crippen LogP contribution in [0.15, 0.2) is 18.2 Å². The first-order valence-electron chi connectivity index (χ1n) is 10.3. The smallest absolute Gasteiger partial charge is 0.216 e. The monoisotopic (exact) mass is 439 g/mol. The molecular formula is C21H33N3O5S. The lowest BCUT2D eigenvalue weighted by atomic mass is 10.2. The molecule has 0 spiro atoms. The lowest BCUT2D eigenvalue weighted by Gasteiger charge is -2.35. The van der Waals surface area contributed by atoms with E-state index in [1.165, 1.54) is 4.31 Å². The number of nitrogens with zero attached hydrogens (tertiary/aromatic N) is 2. The maximum Gasteiger partial charge on any atom is 0.216 e.